The van der Waals surface area contributed by atoms with Crippen molar-refractivity contribution in [1.29, 1.82) is 0 Å². The number of nitrogens with zero attached hydrogens (tertiary/aromatic N) is 1. The lowest BCUT2D eigenvalue weighted by Crippen LogP contribution is -2.30. The summed E-state index contributed by atoms with van der Waals surface area (Å²) in [7, 11) is 1.77. The van der Waals surface area contributed by atoms with Crippen LogP contribution in [0.15, 0.2) is 41.0 Å². The predicted molar refractivity (Wildman–Crippen MR) is 75.1 cm³/mol. The molecular formula is C14H14ClFN2O2. The number of carbonyl (C=O) groups excluding carboxylic acids is 1. The van der Waals surface area contributed by atoms with Gasteiger partial charge >= 0.3 is 0 Å². The maximum Gasteiger partial charge on any atom is 0.238 e. The second kappa shape index (κ2) is 6.54. The van der Waals surface area contributed by atoms with Gasteiger partial charge in [0, 0.05) is 5.02 Å². The van der Waals surface area contributed by atoms with Crippen LogP contribution in [0, 0.1) is 5.82 Å². The minimum absolute atomic E-state index is 0.0777. The zero-order valence-corrected chi connectivity index (χ0v) is 11.7. The van der Waals surface area contributed by atoms with Crippen LogP contribution in [0.4, 0.5) is 10.1 Å². The van der Waals surface area contributed by atoms with Crippen molar-refractivity contribution in [3.63, 3.8) is 0 Å². The third-order valence-electron chi connectivity index (χ3n) is 2.62. The van der Waals surface area contributed by atoms with Crippen LogP contribution in [-0.2, 0) is 11.3 Å². The zero-order valence-electron chi connectivity index (χ0n) is 10.9. The first-order valence-corrected chi connectivity index (χ1v) is 6.38. The van der Waals surface area contributed by atoms with Crippen LogP contribution >= 0.6 is 11.6 Å². The Kier molecular flexibility index (Phi) is 4.76. The van der Waals surface area contributed by atoms with E-state index in [1.165, 1.54) is 18.2 Å². The molecule has 0 saturated carbocycles. The summed E-state index contributed by atoms with van der Waals surface area (Å²) in [5.74, 6) is -0.0779. The van der Waals surface area contributed by atoms with E-state index in [0.29, 0.717) is 11.6 Å². The maximum atomic E-state index is 13.5. The number of rotatable bonds is 5. The van der Waals surface area contributed by atoms with Gasteiger partial charge in [-0.2, -0.15) is 0 Å². The molecule has 1 amide bonds. The highest BCUT2D eigenvalue weighted by Crippen LogP contribution is 2.19. The van der Waals surface area contributed by atoms with Crippen LogP contribution in [0.1, 0.15) is 5.76 Å². The number of furan rings is 1. The van der Waals surface area contributed by atoms with Crippen LogP contribution in [0.25, 0.3) is 0 Å². The van der Waals surface area contributed by atoms with Crippen molar-refractivity contribution in [2.45, 2.75) is 6.54 Å². The number of hydrogen-bond donors (Lipinski definition) is 1. The number of carbonyl (C=O) groups is 1. The summed E-state index contributed by atoms with van der Waals surface area (Å²) in [5.41, 5.74) is 0.0777. The first-order chi connectivity index (χ1) is 9.54. The highest BCUT2D eigenvalue weighted by atomic mass is 35.5. The smallest absolute Gasteiger partial charge is 0.238 e. The molecular weight excluding hydrogens is 283 g/mol. The summed E-state index contributed by atoms with van der Waals surface area (Å²) >= 11 is 5.76. The lowest BCUT2D eigenvalue weighted by Gasteiger charge is -2.15. The van der Waals surface area contributed by atoms with E-state index in [1.807, 2.05) is 6.07 Å². The number of benzene rings is 1. The standard InChI is InChI=1S/C14H14ClFN2O2/c1-18(8-11-3-2-6-20-11)9-14(19)17-13-7-10(15)4-5-12(13)16/h2-7H,8-9H2,1H3,(H,17,19). The van der Waals surface area contributed by atoms with Crippen LogP contribution in [0.3, 0.4) is 0 Å². The van der Waals surface area contributed by atoms with Crippen molar-refractivity contribution >= 4 is 23.2 Å². The third-order valence-corrected chi connectivity index (χ3v) is 2.86. The van der Waals surface area contributed by atoms with Gasteiger partial charge in [0.15, 0.2) is 0 Å². The Bertz CT molecular complexity index is 587. The van der Waals surface area contributed by atoms with Gasteiger partial charge in [-0.15, -0.1) is 0 Å². The fraction of sp³-hybridized carbons (Fsp3) is 0.214. The zero-order chi connectivity index (χ0) is 14.5. The predicted octanol–water partition coefficient (Wildman–Crippen LogP) is 3.14. The molecule has 0 aliphatic heterocycles. The van der Waals surface area contributed by atoms with E-state index in [2.05, 4.69) is 5.32 Å². The van der Waals surface area contributed by atoms with Gasteiger partial charge in [-0.3, -0.25) is 9.69 Å². The third kappa shape index (κ3) is 4.08. The molecule has 0 spiro atoms. The van der Waals surface area contributed by atoms with Crippen molar-refractivity contribution in [2.24, 2.45) is 0 Å². The van der Waals surface area contributed by atoms with Crippen LogP contribution in [-0.4, -0.2) is 24.4 Å². The Balaban J connectivity index is 1.90. The summed E-state index contributed by atoms with van der Waals surface area (Å²) in [6.07, 6.45) is 1.57. The molecule has 6 heteroatoms. The van der Waals surface area contributed by atoms with Gasteiger partial charge in [0.2, 0.25) is 5.91 Å². The van der Waals surface area contributed by atoms with Crippen molar-refractivity contribution in [3.05, 3.63) is 53.2 Å². The number of amides is 1. The molecule has 0 bridgehead atoms. The fourth-order valence-electron chi connectivity index (χ4n) is 1.75. The Hall–Kier alpha value is -1.85. The summed E-state index contributed by atoms with van der Waals surface area (Å²) in [5, 5.41) is 2.86. The Labute approximate surface area is 121 Å². The maximum absolute atomic E-state index is 13.5. The van der Waals surface area contributed by atoms with E-state index in [9.17, 15) is 9.18 Å². The summed E-state index contributed by atoms with van der Waals surface area (Å²) in [6, 6.07) is 7.62. The number of likely N-dealkylation sites (N-methyl/N-ethyl adjacent to an activating group) is 1. The van der Waals surface area contributed by atoms with Crippen molar-refractivity contribution in [2.75, 3.05) is 18.9 Å². The molecule has 0 unspecified atom stereocenters. The molecule has 0 radical (unpaired) electrons. The molecule has 0 atom stereocenters. The normalized spacial score (nSPS) is 10.8. The molecule has 1 aromatic heterocycles. The minimum Gasteiger partial charge on any atom is -0.468 e. The van der Waals surface area contributed by atoms with Gasteiger partial charge in [-0.25, -0.2) is 4.39 Å². The molecule has 106 valence electrons. The van der Waals surface area contributed by atoms with Gasteiger partial charge in [-0.05, 0) is 37.4 Å². The Morgan fingerprint density at radius 2 is 2.25 bits per heavy atom. The van der Waals surface area contributed by atoms with E-state index >= 15 is 0 Å². The fourth-order valence-corrected chi connectivity index (χ4v) is 1.92. The second-order valence-corrected chi connectivity index (χ2v) is 4.86. The number of halogens is 2. The van der Waals surface area contributed by atoms with E-state index in [4.69, 9.17) is 16.0 Å². The van der Waals surface area contributed by atoms with E-state index in [0.717, 1.165) is 5.76 Å². The van der Waals surface area contributed by atoms with Crippen molar-refractivity contribution in [3.8, 4) is 0 Å². The number of nitrogens with one attached hydrogen (secondary N) is 1. The van der Waals surface area contributed by atoms with Crippen LogP contribution in [0.5, 0.6) is 0 Å². The van der Waals surface area contributed by atoms with Gasteiger partial charge < -0.3 is 9.73 Å². The van der Waals surface area contributed by atoms with Crippen molar-refractivity contribution < 1.29 is 13.6 Å². The van der Waals surface area contributed by atoms with E-state index in [-0.39, 0.29) is 18.1 Å². The highest BCUT2D eigenvalue weighted by molar-refractivity contribution is 6.30. The molecule has 2 rings (SSSR count). The molecule has 0 aliphatic carbocycles. The quantitative estimate of drug-likeness (QED) is 0.922. The summed E-state index contributed by atoms with van der Waals surface area (Å²) < 4.78 is 18.7. The first kappa shape index (κ1) is 14.6. The topological polar surface area (TPSA) is 45.5 Å². The van der Waals surface area contributed by atoms with Crippen molar-refractivity contribution in [1.82, 2.24) is 4.90 Å². The molecule has 0 aliphatic rings. The van der Waals surface area contributed by atoms with Gasteiger partial charge in [0.05, 0.1) is 25.0 Å². The van der Waals surface area contributed by atoms with Crippen LogP contribution in [0.2, 0.25) is 5.02 Å². The van der Waals surface area contributed by atoms with Gasteiger partial charge in [0.1, 0.15) is 11.6 Å². The molecule has 0 fully saturated rings. The molecule has 20 heavy (non-hydrogen) atoms. The SMILES string of the molecule is CN(CC(=O)Nc1cc(Cl)ccc1F)Cc1ccco1. The average Bonchev–Trinajstić information content (AvgIpc) is 2.86. The molecule has 1 heterocycles. The largest absolute Gasteiger partial charge is 0.468 e. The first-order valence-electron chi connectivity index (χ1n) is 6.00. The summed E-state index contributed by atoms with van der Waals surface area (Å²) in [6.45, 7) is 0.616. The molecule has 1 N–H and O–H groups in total. The number of hydrogen-bond acceptors (Lipinski definition) is 3. The Morgan fingerprint density at radius 3 is 2.95 bits per heavy atom. The molecule has 1 aromatic carbocycles. The van der Waals surface area contributed by atoms with E-state index in [1.54, 1.807) is 24.3 Å². The number of anilines is 1. The van der Waals surface area contributed by atoms with E-state index < -0.39 is 5.82 Å². The van der Waals surface area contributed by atoms with Gasteiger partial charge in [-0.1, -0.05) is 11.6 Å². The average molecular weight is 297 g/mol. The van der Waals surface area contributed by atoms with Gasteiger partial charge in [0.25, 0.3) is 0 Å². The minimum atomic E-state index is -0.517. The summed E-state index contributed by atoms with van der Waals surface area (Å²) in [4.78, 5) is 13.6. The lowest BCUT2D eigenvalue weighted by molar-refractivity contribution is -0.117. The second-order valence-electron chi connectivity index (χ2n) is 4.42. The lowest BCUT2D eigenvalue weighted by atomic mass is 10.3. The monoisotopic (exact) mass is 296 g/mol. The molecule has 4 nitrogen and oxygen atoms in total. The molecule has 2 aromatic rings. The highest BCUT2D eigenvalue weighted by Gasteiger charge is 2.11. The Morgan fingerprint density at radius 1 is 1.45 bits per heavy atom. The molecule has 0 saturated heterocycles. The van der Waals surface area contributed by atoms with Crippen LogP contribution < -0.4 is 5.32 Å².